The van der Waals surface area contributed by atoms with Crippen molar-refractivity contribution >= 4 is 0 Å². The molecule has 3 nitrogen and oxygen atoms in total. The van der Waals surface area contributed by atoms with Crippen molar-refractivity contribution in [3.63, 3.8) is 0 Å². The van der Waals surface area contributed by atoms with Gasteiger partial charge in [0.1, 0.15) is 0 Å². The van der Waals surface area contributed by atoms with E-state index in [2.05, 4.69) is 53.7 Å². The third kappa shape index (κ3) is 3.53. The topological polar surface area (TPSA) is 29.9 Å². The Bertz CT molecular complexity index is 561. The Morgan fingerprint density at radius 1 is 1.29 bits per heavy atom. The number of hydrogen-bond donors (Lipinski definition) is 1. The maximum absolute atomic E-state index is 4.54. The molecule has 3 heteroatoms. The summed E-state index contributed by atoms with van der Waals surface area (Å²) < 4.78 is 1.90. The van der Waals surface area contributed by atoms with Gasteiger partial charge in [-0.3, -0.25) is 4.68 Å². The highest BCUT2D eigenvalue weighted by atomic mass is 15.2. The van der Waals surface area contributed by atoms with Gasteiger partial charge in [-0.25, -0.2) is 0 Å². The zero-order chi connectivity index (χ0) is 14.7. The molecular formula is C18H25N3. The lowest BCUT2D eigenvalue weighted by atomic mass is 10.0. The summed E-state index contributed by atoms with van der Waals surface area (Å²) >= 11 is 0. The highest BCUT2D eigenvalue weighted by Gasteiger charge is 2.43. The van der Waals surface area contributed by atoms with Crippen LogP contribution in [0.5, 0.6) is 0 Å². The van der Waals surface area contributed by atoms with Crippen LogP contribution in [0.3, 0.4) is 0 Å². The number of aromatic nitrogens is 2. The lowest BCUT2D eigenvalue weighted by Crippen LogP contribution is -2.34. The second-order valence-corrected chi connectivity index (χ2v) is 6.16. The second-order valence-electron chi connectivity index (χ2n) is 6.16. The lowest BCUT2D eigenvalue weighted by molar-refractivity contribution is 0.447. The summed E-state index contributed by atoms with van der Waals surface area (Å²) in [4.78, 5) is 0. The van der Waals surface area contributed by atoms with Gasteiger partial charge >= 0.3 is 0 Å². The Balaban J connectivity index is 1.66. The Hall–Kier alpha value is -1.61. The van der Waals surface area contributed by atoms with E-state index in [4.69, 9.17) is 0 Å². The summed E-state index contributed by atoms with van der Waals surface area (Å²) in [5.41, 5.74) is 2.69. The van der Waals surface area contributed by atoms with Crippen molar-refractivity contribution in [3.05, 3.63) is 53.9 Å². The third-order valence-corrected chi connectivity index (χ3v) is 4.44. The summed E-state index contributed by atoms with van der Waals surface area (Å²) in [7, 11) is 1.99. The first-order valence-electron chi connectivity index (χ1n) is 8.04. The van der Waals surface area contributed by atoms with E-state index >= 15 is 0 Å². The fourth-order valence-corrected chi connectivity index (χ4v) is 3.24. The summed E-state index contributed by atoms with van der Waals surface area (Å²) in [6, 6.07) is 13.6. The first kappa shape index (κ1) is 14.3. The van der Waals surface area contributed by atoms with Gasteiger partial charge in [0.15, 0.2) is 0 Å². The third-order valence-electron chi connectivity index (χ3n) is 4.44. The van der Waals surface area contributed by atoms with E-state index < -0.39 is 0 Å². The lowest BCUT2D eigenvalue weighted by Gasteiger charge is -2.18. The molecular weight excluding hydrogens is 258 g/mol. The van der Waals surface area contributed by atoms with Crippen LogP contribution in [0.25, 0.3) is 0 Å². The molecule has 0 saturated heterocycles. The highest BCUT2D eigenvalue weighted by molar-refractivity contribution is 5.27. The molecule has 3 atom stereocenters. The van der Waals surface area contributed by atoms with Crippen molar-refractivity contribution in [3.8, 4) is 0 Å². The van der Waals surface area contributed by atoms with Crippen LogP contribution < -0.4 is 5.32 Å². The van der Waals surface area contributed by atoms with Crippen LogP contribution in [-0.2, 0) is 13.5 Å². The van der Waals surface area contributed by atoms with E-state index in [1.807, 2.05) is 17.9 Å². The number of aryl methyl sites for hydroxylation is 1. The normalized spacial score (nSPS) is 22.2. The highest BCUT2D eigenvalue weighted by Crippen LogP contribution is 2.49. The van der Waals surface area contributed by atoms with Crippen LogP contribution in [0.4, 0.5) is 0 Å². The van der Waals surface area contributed by atoms with Crippen molar-refractivity contribution in [2.75, 3.05) is 6.54 Å². The first-order valence-corrected chi connectivity index (χ1v) is 8.04. The first-order chi connectivity index (χ1) is 10.3. The molecule has 1 saturated carbocycles. The van der Waals surface area contributed by atoms with E-state index in [0.29, 0.717) is 6.04 Å². The van der Waals surface area contributed by atoms with Crippen LogP contribution in [-0.4, -0.2) is 22.4 Å². The average molecular weight is 283 g/mol. The van der Waals surface area contributed by atoms with Gasteiger partial charge in [-0.2, -0.15) is 5.10 Å². The summed E-state index contributed by atoms with van der Waals surface area (Å²) in [5, 5.41) is 8.28. The molecule has 0 radical (unpaired) electrons. The van der Waals surface area contributed by atoms with Gasteiger partial charge < -0.3 is 5.32 Å². The van der Waals surface area contributed by atoms with E-state index in [1.54, 1.807) is 0 Å². The molecule has 3 rings (SSSR count). The molecule has 1 aliphatic carbocycles. The van der Waals surface area contributed by atoms with Crippen LogP contribution in [0, 0.1) is 5.92 Å². The van der Waals surface area contributed by atoms with E-state index in [0.717, 1.165) is 24.8 Å². The Labute approximate surface area is 127 Å². The van der Waals surface area contributed by atoms with Crippen molar-refractivity contribution < 1.29 is 0 Å². The molecule has 1 fully saturated rings. The molecule has 1 aliphatic rings. The molecule has 21 heavy (non-hydrogen) atoms. The predicted octanol–water partition coefficient (Wildman–Crippen LogP) is 3.13. The summed E-state index contributed by atoms with van der Waals surface area (Å²) in [6.45, 7) is 3.32. The van der Waals surface area contributed by atoms with Gasteiger partial charge in [-0.15, -0.1) is 0 Å². The van der Waals surface area contributed by atoms with Crippen LogP contribution in [0.2, 0.25) is 0 Å². The predicted molar refractivity (Wildman–Crippen MR) is 86.3 cm³/mol. The Morgan fingerprint density at radius 2 is 2.10 bits per heavy atom. The van der Waals surface area contributed by atoms with Crippen LogP contribution >= 0.6 is 0 Å². The smallest absolute Gasteiger partial charge is 0.0640 e. The standard InChI is InChI=1S/C18H25N3/c1-3-10-19-18(12-15-9-11-21(2)20-15)17-13-16(17)14-7-5-4-6-8-14/h4-9,11,16-19H,3,10,12-13H2,1-2H3. The molecule has 3 unspecified atom stereocenters. The monoisotopic (exact) mass is 283 g/mol. The second kappa shape index (κ2) is 6.44. The van der Waals surface area contributed by atoms with Crippen LogP contribution in [0.1, 0.15) is 36.9 Å². The minimum atomic E-state index is 0.546. The summed E-state index contributed by atoms with van der Waals surface area (Å²) in [6.07, 6.45) is 5.56. The van der Waals surface area contributed by atoms with Gasteiger partial charge in [0.25, 0.3) is 0 Å². The zero-order valence-electron chi connectivity index (χ0n) is 13.0. The number of nitrogens with one attached hydrogen (secondary N) is 1. The Morgan fingerprint density at radius 3 is 2.76 bits per heavy atom. The van der Waals surface area contributed by atoms with E-state index in [-0.39, 0.29) is 0 Å². The van der Waals surface area contributed by atoms with Crippen molar-refractivity contribution in [2.45, 2.75) is 38.1 Å². The fourth-order valence-electron chi connectivity index (χ4n) is 3.24. The Kier molecular flexibility index (Phi) is 4.39. The molecule has 0 spiro atoms. The molecule has 112 valence electrons. The van der Waals surface area contributed by atoms with Crippen molar-refractivity contribution in [1.29, 1.82) is 0 Å². The molecule has 2 aromatic rings. The van der Waals surface area contributed by atoms with Gasteiger partial charge in [-0.05, 0) is 42.9 Å². The van der Waals surface area contributed by atoms with E-state index in [1.165, 1.54) is 24.1 Å². The van der Waals surface area contributed by atoms with Crippen molar-refractivity contribution in [2.24, 2.45) is 13.0 Å². The molecule has 0 aliphatic heterocycles. The number of benzene rings is 1. The molecule has 1 N–H and O–H groups in total. The summed E-state index contributed by atoms with van der Waals surface area (Å²) in [5.74, 6) is 1.48. The van der Waals surface area contributed by atoms with E-state index in [9.17, 15) is 0 Å². The maximum Gasteiger partial charge on any atom is 0.0640 e. The van der Waals surface area contributed by atoms with Gasteiger partial charge in [0.05, 0.1) is 5.69 Å². The zero-order valence-corrected chi connectivity index (χ0v) is 13.0. The molecule has 1 aromatic heterocycles. The van der Waals surface area contributed by atoms with Crippen molar-refractivity contribution in [1.82, 2.24) is 15.1 Å². The largest absolute Gasteiger partial charge is 0.313 e. The van der Waals surface area contributed by atoms with Gasteiger partial charge in [0.2, 0.25) is 0 Å². The molecule has 0 bridgehead atoms. The quantitative estimate of drug-likeness (QED) is 0.846. The fraction of sp³-hybridized carbons (Fsp3) is 0.500. The molecule has 1 aromatic carbocycles. The number of rotatable bonds is 7. The van der Waals surface area contributed by atoms with Gasteiger partial charge in [-0.1, -0.05) is 37.3 Å². The number of nitrogens with zero attached hydrogens (tertiary/aromatic N) is 2. The average Bonchev–Trinajstić information content (AvgIpc) is 3.21. The SMILES string of the molecule is CCCNC(Cc1ccn(C)n1)C1CC1c1ccccc1. The molecule has 1 heterocycles. The molecule has 0 amide bonds. The number of hydrogen-bond acceptors (Lipinski definition) is 2. The minimum Gasteiger partial charge on any atom is -0.313 e. The minimum absolute atomic E-state index is 0.546. The maximum atomic E-state index is 4.54. The van der Waals surface area contributed by atoms with Crippen LogP contribution in [0.15, 0.2) is 42.6 Å². The van der Waals surface area contributed by atoms with Gasteiger partial charge in [0, 0.05) is 25.7 Å².